The minimum atomic E-state index is -0.116. The van der Waals surface area contributed by atoms with Crippen molar-refractivity contribution in [1.82, 2.24) is 24.8 Å². The Kier molecular flexibility index (Phi) is 4.00. The summed E-state index contributed by atoms with van der Waals surface area (Å²) in [5.74, 6) is 0.626. The van der Waals surface area contributed by atoms with Crippen LogP contribution in [0.2, 0.25) is 0 Å². The average molecular weight is 331 g/mol. The van der Waals surface area contributed by atoms with Gasteiger partial charge in [0.15, 0.2) is 0 Å². The lowest BCUT2D eigenvalue weighted by atomic mass is 10.1. The van der Waals surface area contributed by atoms with Crippen molar-refractivity contribution < 1.29 is 4.79 Å². The molecule has 0 saturated heterocycles. The van der Waals surface area contributed by atoms with E-state index in [1.807, 2.05) is 59.3 Å². The van der Waals surface area contributed by atoms with Gasteiger partial charge in [-0.25, -0.2) is 9.97 Å². The first kappa shape index (κ1) is 15.1. The maximum Gasteiger partial charge on any atom is 0.251 e. The average Bonchev–Trinajstić information content (AvgIpc) is 3.29. The van der Waals surface area contributed by atoms with Crippen LogP contribution >= 0.6 is 0 Å². The Hall–Kier alpha value is -3.41. The Balaban J connectivity index is 1.38. The lowest BCUT2D eigenvalue weighted by molar-refractivity contribution is 0.0950. The maximum atomic E-state index is 12.3. The zero-order chi connectivity index (χ0) is 17.1. The van der Waals surface area contributed by atoms with Gasteiger partial charge in [0.25, 0.3) is 5.91 Å². The van der Waals surface area contributed by atoms with Gasteiger partial charge in [0.05, 0.1) is 23.9 Å². The molecule has 0 aliphatic rings. The monoisotopic (exact) mass is 331 g/mol. The number of carbonyl (C=O) groups excluding carboxylic acids is 1. The zero-order valence-electron chi connectivity index (χ0n) is 13.5. The van der Waals surface area contributed by atoms with E-state index >= 15 is 0 Å². The van der Waals surface area contributed by atoms with Gasteiger partial charge in [0, 0.05) is 24.5 Å². The molecule has 0 bridgehead atoms. The molecule has 4 aromatic rings. The molecule has 6 nitrogen and oxygen atoms in total. The van der Waals surface area contributed by atoms with E-state index in [0.29, 0.717) is 12.1 Å². The summed E-state index contributed by atoms with van der Waals surface area (Å²) in [7, 11) is 0. The van der Waals surface area contributed by atoms with Gasteiger partial charge in [-0.15, -0.1) is 0 Å². The van der Waals surface area contributed by atoms with Crippen molar-refractivity contribution in [1.29, 1.82) is 0 Å². The molecule has 1 amide bonds. The SMILES string of the molecule is O=C(NCc1nc2ccccc2[nH]1)c1ccc(Cn2ccnc2)cc1. The number of fused-ring (bicyclic) bond motifs is 1. The summed E-state index contributed by atoms with van der Waals surface area (Å²) in [5, 5.41) is 2.89. The number of nitrogens with zero attached hydrogens (tertiary/aromatic N) is 3. The van der Waals surface area contributed by atoms with E-state index in [-0.39, 0.29) is 5.91 Å². The molecule has 0 unspecified atom stereocenters. The van der Waals surface area contributed by atoms with Gasteiger partial charge in [0.1, 0.15) is 5.82 Å². The van der Waals surface area contributed by atoms with Crippen molar-refractivity contribution in [3.05, 3.63) is 84.2 Å². The van der Waals surface area contributed by atoms with Crippen LogP contribution in [0.15, 0.2) is 67.3 Å². The van der Waals surface area contributed by atoms with Gasteiger partial charge < -0.3 is 14.9 Å². The Morgan fingerprint density at radius 3 is 2.72 bits per heavy atom. The molecular weight excluding hydrogens is 314 g/mol. The van der Waals surface area contributed by atoms with Crippen molar-refractivity contribution >= 4 is 16.9 Å². The number of aromatic amines is 1. The van der Waals surface area contributed by atoms with Crippen molar-refractivity contribution in [3.8, 4) is 0 Å². The first-order valence-electron chi connectivity index (χ1n) is 8.04. The van der Waals surface area contributed by atoms with Gasteiger partial charge in [-0.1, -0.05) is 24.3 Å². The second kappa shape index (κ2) is 6.60. The van der Waals surface area contributed by atoms with Crippen LogP contribution in [0, 0.1) is 0 Å². The molecule has 2 heterocycles. The highest BCUT2D eigenvalue weighted by Gasteiger charge is 2.07. The van der Waals surface area contributed by atoms with Crippen molar-refractivity contribution in [2.45, 2.75) is 13.1 Å². The predicted octanol–water partition coefficient (Wildman–Crippen LogP) is 2.74. The zero-order valence-corrected chi connectivity index (χ0v) is 13.5. The third-order valence-corrected chi connectivity index (χ3v) is 4.00. The van der Waals surface area contributed by atoms with Gasteiger partial charge in [-0.05, 0) is 29.8 Å². The second-order valence-corrected chi connectivity index (χ2v) is 5.82. The largest absolute Gasteiger partial charge is 0.345 e. The summed E-state index contributed by atoms with van der Waals surface area (Å²) in [4.78, 5) is 24.0. The predicted molar refractivity (Wildman–Crippen MR) is 95.0 cm³/mol. The van der Waals surface area contributed by atoms with Crippen molar-refractivity contribution in [2.75, 3.05) is 0 Å². The Labute approximate surface area is 144 Å². The van der Waals surface area contributed by atoms with E-state index in [2.05, 4.69) is 20.3 Å². The molecular formula is C19H17N5O. The second-order valence-electron chi connectivity index (χ2n) is 5.82. The number of rotatable bonds is 5. The molecule has 6 heteroatoms. The van der Waals surface area contributed by atoms with Crippen LogP contribution < -0.4 is 5.32 Å². The smallest absolute Gasteiger partial charge is 0.251 e. The van der Waals surface area contributed by atoms with Crippen LogP contribution in [-0.2, 0) is 13.1 Å². The molecule has 0 saturated carbocycles. The minimum absolute atomic E-state index is 0.116. The summed E-state index contributed by atoms with van der Waals surface area (Å²) in [6.45, 7) is 1.10. The quantitative estimate of drug-likeness (QED) is 0.590. The number of nitrogens with one attached hydrogen (secondary N) is 2. The molecule has 2 aromatic heterocycles. The third kappa shape index (κ3) is 3.42. The van der Waals surface area contributed by atoms with Crippen molar-refractivity contribution in [2.24, 2.45) is 0 Å². The first-order valence-corrected chi connectivity index (χ1v) is 8.04. The number of amides is 1. The van der Waals surface area contributed by atoms with Crippen LogP contribution in [0.25, 0.3) is 11.0 Å². The lowest BCUT2D eigenvalue weighted by Crippen LogP contribution is -2.23. The minimum Gasteiger partial charge on any atom is -0.345 e. The highest BCUT2D eigenvalue weighted by Crippen LogP contribution is 2.10. The van der Waals surface area contributed by atoms with E-state index in [4.69, 9.17) is 0 Å². The Morgan fingerprint density at radius 2 is 1.96 bits per heavy atom. The number of hydrogen-bond donors (Lipinski definition) is 2. The number of aromatic nitrogens is 4. The topological polar surface area (TPSA) is 75.6 Å². The molecule has 0 radical (unpaired) electrons. The molecule has 0 spiro atoms. The summed E-state index contributed by atoms with van der Waals surface area (Å²) in [5.41, 5.74) is 3.61. The molecule has 0 aliphatic carbocycles. The van der Waals surface area contributed by atoms with Gasteiger partial charge in [-0.2, -0.15) is 0 Å². The number of imidazole rings is 2. The fourth-order valence-corrected chi connectivity index (χ4v) is 2.71. The van der Waals surface area contributed by atoms with Gasteiger partial charge in [0.2, 0.25) is 0 Å². The van der Waals surface area contributed by atoms with Crippen LogP contribution in [-0.4, -0.2) is 25.4 Å². The molecule has 0 aliphatic heterocycles. The summed E-state index contributed by atoms with van der Waals surface area (Å²) in [6.07, 6.45) is 5.43. The van der Waals surface area contributed by atoms with E-state index in [9.17, 15) is 4.79 Å². The molecule has 124 valence electrons. The van der Waals surface area contributed by atoms with Crippen LogP contribution in [0.3, 0.4) is 0 Å². The molecule has 25 heavy (non-hydrogen) atoms. The number of hydrogen-bond acceptors (Lipinski definition) is 3. The number of H-pyrrole nitrogens is 1. The highest BCUT2D eigenvalue weighted by molar-refractivity contribution is 5.94. The summed E-state index contributed by atoms with van der Waals surface area (Å²) < 4.78 is 1.98. The number of para-hydroxylation sites is 2. The standard InChI is InChI=1S/C19H17N5O/c25-19(21-11-18-22-16-3-1-2-4-17(16)23-18)15-7-5-14(6-8-15)12-24-10-9-20-13-24/h1-10,13H,11-12H2,(H,21,25)(H,22,23). The van der Waals surface area contributed by atoms with E-state index in [0.717, 1.165) is 29.0 Å². The Morgan fingerprint density at radius 1 is 1.12 bits per heavy atom. The van der Waals surface area contributed by atoms with Gasteiger partial charge in [-0.3, -0.25) is 4.79 Å². The van der Waals surface area contributed by atoms with Crippen molar-refractivity contribution in [3.63, 3.8) is 0 Å². The fraction of sp³-hybridized carbons (Fsp3) is 0.105. The normalized spacial score (nSPS) is 10.9. The van der Waals surface area contributed by atoms with Crippen LogP contribution in [0.1, 0.15) is 21.7 Å². The third-order valence-electron chi connectivity index (χ3n) is 4.00. The van der Waals surface area contributed by atoms with E-state index < -0.39 is 0 Å². The van der Waals surface area contributed by atoms with E-state index in [1.165, 1.54) is 0 Å². The fourth-order valence-electron chi connectivity index (χ4n) is 2.71. The first-order chi connectivity index (χ1) is 12.3. The van der Waals surface area contributed by atoms with Gasteiger partial charge >= 0.3 is 0 Å². The summed E-state index contributed by atoms with van der Waals surface area (Å²) >= 11 is 0. The summed E-state index contributed by atoms with van der Waals surface area (Å²) in [6, 6.07) is 15.4. The molecule has 2 N–H and O–H groups in total. The Bertz CT molecular complexity index is 953. The molecule has 2 aromatic carbocycles. The molecule has 0 atom stereocenters. The number of benzene rings is 2. The molecule has 0 fully saturated rings. The maximum absolute atomic E-state index is 12.3. The van der Waals surface area contributed by atoms with E-state index in [1.54, 1.807) is 12.5 Å². The highest BCUT2D eigenvalue weighted by atomic mass is 16.1. The lowest BCUT2D eigenvalue weighted by Gasteiger charge is -2.06. The van der Waals surface area contributed by atoms with Crippen LogP contribution in [0.5, 0.6) is 0 Å². The van der Waals surface area contributed by atoms with Crippen LogP contribution in [0.4, 0.5) is 0 Å². The molecule has 4 rings (SSSR count). The number of carbonyl (C=O) groups is 1.